The van der Waals surface area contributed by atoms with Crippen LogP contribution < -0.4 is 0 Å². The highest BCUT2D eigenvalue weighted by molar-refractivity contribution is 5.59. The van der Waals surface area contributed by atoms with Gasteiger partial charge in [-0.3, -0.25) is 10.1 Å². The maximum atomic E-state index is 10.8. The van der Waals surface area contributed by atoms with Crippen LogP contribution in [-0.2, 0) is 13.2 Å². The van der Waals surface area contributed by atoms with E-state index in [2.05, 4.69) is 10.2 Å². The molecular formula is C13H16N4O3. The minimum absolute atomic E-state index is 0.00662. The maximum Gasteiger partial charge on any atom is 0.270 e. The van der Waals surface area contributed by atoms with E-state index in [4.69, 9.17) is 0 Å². The summed E-state index contributed by atoms with van der Waals surface area (Å²) in [6, 6.07) is 6.25. The van der Waals surface area contributed by atoms with Crippen molar-refractivity contribution in [2.45, 2.75) is 27.0 Å². The van der Waals surface area contributed by atoms with E-state index in [0.29, 0.717) is 29.7 Å². The molecule has 1 N–H and O–H groups in total. The van der Waals surface area contributed by atoms with Gasteiger partial charge in [-0.2, -0.15) is 0 Å². The highest BCUT2D eigenvalue weighted by Gasteiger charge is 2.16. The minimum Gasteiger partial charge on any atom is -0.388 e. The van der Waals surface area contributed by atoms with E-state index in [1.807, 2.05) is 13.8 Å². The standard InChI is InChI=1S/C13H16N4O3/c1-9(2)7-16-12(8-18)14-15-13(16)10-4-3-5-11(6-10)17(19)20/h3-6,9,18H,7-8H2,1-2H3. The molecule has 0 amide bonds. The number of non-ortho nitro benzene ring substituents is 1. The third kappa shape index (κ3) is 2.83. The van der Waals surface area contributed by atoms with Crippen LogP contribution in [0.3, 0.4) is 0 Å². The second-order valence-corrected chi connectivity index (χ2v) is 4.91. The van der Waals surface area contributed by atoms with E-state index in [9.17, 15) is 15.2 Å². The maximum absolute atomic E-state index is 10.8. The van der Waals surface area contributed by atoms with Crippen molar-refractivity contribution < 1.29 is 10.0 Å². The molecule has 106 valence electrons. The lowest BCUT2D eigenvalue weighted by Crippen LogP contribution is -2.10. The molecular weight excluding hydrogens is 260 g/mol. The molecule has 20 heavy (non-hydrogen) atoms. The van der Waals surface area contributed by atoms with Crippen molar-refractivity contribution in [3.8, 4) is 11.4 Å². The Labute approximate surface area is 116 Å². The van der Waals surface area contributed by atoms with Crippen molar-refractivity contribution in [2.24, 2.45) is 5.92 Å². The molecule has 0 saturated heterocycles. The van der Waals surface area contributed by atoms with Crippen LogP contribution >= 0.6 is 0 Å². The summed E-state index contributed by atoms with van der Waals surface area (Å²) in [6.07, 6.45) is 0. The van der Waals surface area contributed by atoms with Gasteiger partial charge in [-0.25, -0.2) is 0 Å². The van der Waals surface area contributed by atoms with E-state index >= 15 is 0 Å². The van der Waals surface area contributed by atoms with Gasteiger partial charge in [-0.05, 0) is 5.92 Å². The first kappa shape index (κ1) is 14.1. The molecule has 0 saturated carbocycles. The molecule has 0 unspecified atom stereocenters. The lowest BCUT2D eigenvalue weighted by molar-refractivity contribution is -0.384. The van der Waals surface area contributed by atoms with Gasteiger partial charge in [0.15, 0.2) is 11.6 Å². The average Bonchev–Trinajstić information content (AvgIpc) is 2.81. The highest BCUT2D eigenvalue weighted by atomic mass is 16.6. The first-order valence-corrected chi connectivity index (χ1v) is 6.30. The third-order valence-electron chi connectivity index (χ3n) is 2.83. The fourth-order valence-electron chi connectivity index (χ4n) is 1.98. The number of rotatable bonds is 5. The summed E-state index contributed by atoms with van der Waals surface area (Å²) in [5.41, 5.74) is 0.624. The van der Waals surface area contributed by atoms with Crippen LogP contribution in [0.25, 0.3) is 11.4 Å². The number of nitro benzene ring substituents is 1. The van der Waals surface area contributed by atoms with Crippen LogP contribution in [0.4, 0.5) is 5.69 Å². The number of nitro groups is 1. The first-order valence-electron chi connectivity index (χ1n) is 6.30. The summed E-state index contributed by atoms with van der Waals surface area (Å²) >= 11 is 0. The van der Waals surface area contributed by atoms with Crippen LogP contribution in [-0.4, -0.2) is 24.8 Å². The predicted octanol–water partition coefficient (Wildman–Crippen LogP) is 2.00. The quantitative estimate of drug-likeness (QED) is 0.665. The Kier molecular flexibility index (Phi) is 4.09. The van der Waals surface area contributed by atoms with Gasteiger partial charge in [0.1, 0.15) is 6.61 Å². The van der Waals surface area contributed by atoms with Crippen LogP contribution in [0.1, 0.15) is 19.7 Å². The van der Waals surface area contributed by atoms with Crippen molar-refractivity contribution in [1.82, 2.24) is 14.8 Å². The molecule has 2 rings (SSSR count). The normalized spacial score (nSPS) is 11.0. The minimum atomic E-state index is -0.445. The van der Waals surface area contributed by atoms with Crippen molar-refractivity contribution in [3.63, 3.8) is 0 Å². The smallest absolute Gasteiger partial charge is 0.270 e. The molecule has 1 heterocycles. The Morgan fingerprint density at radius 1 is 1.40 bits per heavy atom. The largest absolute Gasteiger partial charge is 0.388 e. The molecule has 0 atom stereocenters. The van der Waals surface area contributed by atoms with Gasteiger partial charge < -0.3 is 9.67 Å². The number of nitrogens with zero attached hydrogens (tertiary/aromatic N) is 4. The lowest BCUT2D eigenvalue weighted by atomic mass is 10.1. The van der Waals surface area contributed by atoms with Crippen molar-refractivity contribution in [3.05, 3.63) is 40.2 Å². The number of hydrogen-bond donors (Lipinski definition) is 1. The summed E-state index contributed by atoms with van der Waals surface area (Å²) in [5.74, 6) is 1.33. The fraction of sp³-hybridized carbons (Fsp3) is 0.385. The molecule has 0 aliphatic heterocycles. The number of benzene rings is 1. The number of aromatic nitrogens is 3. The predicted molar refractivity (Wildman–Crippen MR) is 72.9 cm³/mol. The molecule has 1 aromatic carbocycles. The molecule has 0 radical (unpaired) electrons. The molecule has 7 nitrogen and oxygen atoms in total. The van der Waals surface area contributed by atoms with Gasteiger partial charge >= 0.3 is 0 Å². The number of aliphatic hydroxyl groups is 1. The summed E-state index contributed by atoms with van der Waals surface area (Å²) in [6.45, 7) is 4.51. The highest BCUT2D eigenvalue weighted by Crippen LogP contribution is 2.23. The first-order chi connectivity index (χ1) is 9.52. The zero-order chi connectivity index (χ0) is 14.7. The lowest BCUT2D eigenvalue weighted by Gasteiger charge is -2.11. The van der Waals surface area contributed by atoms with Crippen LogP contribution in [0.5, 0.6) is 0 Å². The monoisotopic (exact) mass is 276 g/mol. The van der Waals surface area contributed by atoms with E-state index < -0.39 is 4.92 Å². The third-order valence-corrected chi connectivity index (χ3v) is 2.83. The van der Waals surface area contributed by atoms with Gasteiger partial charge in [0.25, 0.3) is 5.69 Å². The zero-order valence-electron chi connectivity index (χ0n) is 11.4. The summed E-state index contributed by atoms with van der Waals surface area (Å²) in [5, 5.41) is 28.1. The van der Waals surface area contributed by atoms with Crippen molar-refractivity contribution in [2.75, 3.05) is 0 Å². The Bertz CT molecular complexity index is 622. The molecule has 0 bridgehead atoms. The zero-order valence-corrected chi connectivity index (χ0v) is 11.4. The second-order valence-electron chi connectivity index (χ2n) is 4.91. The SMILES string of the molecule is CC(C)Cn1c(CO)nnc1-c1cccc([N+](=O)[O-])c1. The number of hydrogen-bond acceptors (Lipinski definition) is 5. The van der Waals surface area contributed by atoms with E-state index in [1.54, 1.807) is 16.7 Å². The van der Waals surface area contributed by atoms with Crippen molar-refractivity contribution in [1.29, 1.82) is 0 Å². The Hall–Kier alpha value is -2.28. The van der Waals surface area contributed by atoms with Gasteiger partial charge in [-0.15, -0.1) is 10.2 Å². The van der Waals surface area contributed by atoms with Gasteiger partial charge in [0, 0.05) is 24.2 Å². The summed E-state index contributed by atoms with van der Waals surface area (Å²) in [4.78, 5) is 10.4. The molecule has 0 aliphatic carbocycles. The molecule has 0 fully saturated rings. The van der Waals surface area contributed by atoms with Gasteiger partial charge in [-0.1, -0.05) is 26.0 Å². The van der Waals surface area contributed by atoms with E-state index in [-0.39, 0.29) is 12.3 Å². The van der Waals surface area contributed by atoms with Crippen LogP contribution in [0.15, 0.2) is 24.3 Å². The van der Waals surface area contributed by atoms with Crippen LogP contribution in [0.2, 0.25) is 0 Å². The van der Waals surface area contributed by atoms with E-state index in [0.717, 1.165) is 0 Å². The average molecular weight is 276 g/mol. The summed E-state index contributed by atoms with van der Waals surface area (Å²) < 4.78 is 1.80. The number of aliphatic hydroxyl groups excluding tert-OH is 1. The molecule has 0 spiro atoms. The van der Waals surface area contributed by atoms with Gasteiger partial charge in [0.2, 0.25) is 0 Å². The second kappa shape index (κ2) is 5.79. The Morgan fingerprint density at radius 3 is 2.75 bits per heavy atom. The van der Waals surface area contributed by atoms with Crippen LogP contribution in [0, 0.1) is 16.0 Å². The Balaban J connectivity index is 2.49. The molecule has 0 aliphatic rings. The van der Waals surface area contributed by atoms with E-state index in [1.165, 1.54) is 12.1 Å². The fourth-order valence-corrected chi connectivity index (χ4v) is 1.98. The molecule has 1 aromatic heterocycles. The van der Waals surface area contributed by atoms with Crippen molar-refractivity contribution >= 4 is 5.69 Å². The molecule has 2 aromatic rings. The van der Waals surface area contributed by atoms with Gasteiger partial charge in [0.05, 0.1) is 4.92 Å². The summed E-state index contributed by atoms with van der Waals surface area (Å²) in [7, 11) is 0. The molecule has 7 heteroatoms. The topological polar surface area (TPSA) is 94.1 Å². The Morgan fingerprint density at radius 2 is 2.15 bits per heavy atom.